The fourth-order valence-corrected chi connectivity index (χ4v) is 4.32. The highest BCUT2D eigenvalue weighted by Crippen LogP contribution is 2.14. The molecule has 0 aromatic heterocycles. The summed E-state index contributed by atoms with van der Waals surface area (Å²) in [4.78, 5) is 12.5. The molecule has 3 aromatic rings. The van der Waals surface area contributed by atoms with Crippen molar-refractivity contribution < 1.29 is 13.2 Å². The highest BCUT2D eigenvalue weighted by atomic mass is 32.2. The zero-order valence-electron chi connectivity index (χ0n) is 17.6. The van der Waals surface area contributed by atoms with Crippen molar-refractivity contribution >= 4 is 15.9 Å². The van der Waals surface area contributed by atoms with Crippen molar-refractivity contribution in [3.05, 3.63) is 102 Å². The number of hydrogen-bond donors (Lipinski definition) is 2. The molecule has 0 saturated heterocycles. The van der Waals surface area contributed by atoms with Crippen LogP contribution in [0.1, 0.15) is 36.1 Å². The van der Waals surface area contributed by atoms with E-state index in [2.05, 4.69) is 10.0 Å². The van der Waals surface area contributed by atoms with Crippen LogP contribution in [0.15, 0.2) is 89.8 Å². The second kappa shape index (κ2) is 10.9. The normalized spacial score (nSPS) is 12.3. The van der Waals surface area contributed by atoms with E-state index in [-0.39, 0.29) is 16.8 Å². The van der Waals surface area contributed by atoms with Gasteiger partial charge in [-0.2, -0.15) is 0 Å². The minimum atomic E-state index is -3.55. The summed E-state index contributed by atoms with van der Waals surface area (Å²) in [6.45, 7) is 2.30. The van der Waals surface area contributed by atoms with Crippen molar-refractivity contribution in [2.75, 3.05) is 6.54 Å². The maximum atomic E-state index is 12.5. The molecule has 0 radical (unpaired) electrons. The van der Waals surface area contributed by atoms with Gasteiger partial charge in [0.25, 0.3) is 0 Å². The SMILES string of the molecule is CC(NC(=O)CCc1ccc(S(=O)(=O)NCCc2ccccc2)cc1)c1ccccc1. The summed E-state index contributed by atoms with van der Waals surface area (Å²) in [6.07, 6.45) is 1.53. The lowest BCUT2D eigenvalue weighted by Crippen LogP contribution is -2.27. The van der Waals surface area contributed by atoms with Gasteiger partial charge in [0.05, 0.1) is 10.9 Å². The monoisotopic (exact) mass is 436 g/mol. The molecule has 0 aliphatic rings. The largest absolute Gasteiger partial charge is 0.350 e. The average molecular weight is 437 g/mol. The zero-order chi connectivity index (χ0) is 22.1. The van der Waals surface area contributed by atoms with Crippen LogP contribution in [0.4, 0.5) is 0 Å². The molecule has 5 nitrogen and oxygen atoms in total. The molecule has 0 fully saturated rings. The van der Waals surface area contributed by atoms with Gasteiger partial charge >= 0.3 is 0 Å². The quantitative estimate of drug-likeness (QED) is 0.504. The van der Waals surface area contributed by atoms with Crippen LogP contribution in [0.5, 0.6) is 0 Å². The Labute approximate surface area is 184 Å². The molecular weight excluding hydrogens is 408 g/mol. The molecule has 6 heteroatoms. The Bertz CT molecular complexity index is 1070. The highest BCUT2D eigenvalue weighted by molar-refractivity contribution is 7.89. The van der Waals surface area contributed by atoms with E-state index in [1.54, 1.807) is 24.3 Å². The number of aryl methyl sites for hydroxylation is 1. The molecule has 0 bridgehead atoms. The fraction of sp³-hybridized carbons (Fsp3) is 0.240. The predicted octanol–water partition coefficient (Wildman–Crippen LogP) is 4.02. The maximum absolute atomic E-state index is 12.5. The fourth-order valence-electron chi connectivity index (χ4n) is 3.29. The second-order valence-corrected chi connectivity index (χ2v) is 9.24. The van der Waals surface area contributed by atoms with Crippen molar-refractivity contribution in [2.24, 2.45) is 0 Å². The number of hydrogen-bond acceptors (Lipinski definition) is 3. The van der Waals surface area contributed by atoms with E-state index in [9.17, 15) is 13.2 Å². The van der Waals surface area contributed by atoms with Crippen LogP contribution in [-0.4, -0.2) is 20.9 Å². The highest BCUT2D eigenvalue weighted by Gasteiger charge is 2.14. The molecule has 3 aromatic carbocycles. The molecule has 3 rings (SSSR count). The minimum Gasteiger partial charge on any atom is -0.350 e. The standard InChI is InChI=1S/C25H28N2O3S/c1-20(23-10-6-3-7-11-23)27-25(28)17-14-22-12-15-24(16-13-22)31(29,30)26-19-18-21-8-4-2-5-9-21/h2-13,15-16,20,26H,14,17-19H2,1H3,(H,27,28). The summed E-state index contributed by atoms with van der Waals surface area (Å²) in [6, 6.07) is 26.2. The number of benzene rings is 3. The average Bonchev–Trinajstić information content (AvgIpc) is 2.79. The lowest BCUT2D eigenvalue weighted by Gasteiger charge is -2.14. The molecule has 162 valence electrons. The van der Waals surface area contributed by atoms with Gasteiger partial charge in [-0.3, -0.25) is 4.79 Å². The first-order chi connectivity index (χ1) is 14.9. The molecule has 0 aliphatic carbocycles. The Kier molecular flexibility index (Phi) is 7.98. The van der Waals surface area contributed by atoms with Crippen molar-refractivity contribution in [1.82, 2.24) is 10.0 Å². The zero-order valence-corrected chi connectivity index (χ0v) is 18.4. The van der Waals surface area contributed by atoms with E-state index in [0.29, 0.717) is 25.8 Å². The Morgan fingerprint density at radius 1 is 0.806 bits per heavy atom. The van der Waals surface area contributed by atoms with E-state index in [4.69, 9.17) is 0 Å². The van der Waals surface area contributed by atoms with Crippen molar-refractivity contribution in [2.45, 2.75) is 37.1 Å². The van der Waals surface area contributed by atoms with Crippen LogP contribution in [0.25, 0.3) is 0 Å². The lowest BCUT2D eigenvalue weighted by atomic mass is 10.1. The Morgan fingerprint density at radius 3 is 2.03 bits per heavy atom. The van der Waals surface area contributed by atoms with Gasteiger partial charge in [0.1, 0.15) is 0 Å². The third kappa shape index (κ3) is 7.05. The maximum Gasteiger partial charge on any atom is 0.240 e. The Balaban J connectivity index is 1.47. The first kappa shape index (κ1) is 22.7. The van der Waals surface area contributed by atoms with Crippen molar-refractivity contribution in [3.8, 4) is 0 Å². The van der Waals surface area contributed by atoms with Crippen LogP contribution in [-0.2, 0) is 27.7 Å². The summed E-state index contributed by atoms with van der Waals surface area (Å²) in [5, 5.41) is 2.99. The number of amides is 1. The summed E-state index contributed by atoms with van der Waals surface area (Å²) < 4.78 is 27.6. The molecule has 0 heterocycles. The van der Waals surface area contributed by atoms with Crippen LogP contribution in [0.3, 0.4) is 0 Å². The summed E-state index contributed by atoms with van der Waals surface area (Å²) in [5.41, 5.74) is 3.07. The van der Waals surface area contributed by atoms with E-state index >= 15 is 0 Å². The molecule has 31 heavy (non-hydrogen) atoms. The Hall–Kier alpha value is -2.96. The van der Waals surface area contributed by atoms with Gasteiger partial charge in [0, 0.05) is 13.0 Å². The van der Waals surface area contributed by atoms with Gasteiger partial charge in [-0.05, 0) is 48.6 Å². The smallest absolute Gasteiger partial charge is 0.240 e. The van der Waals surface area contributed by atoms with E-state index in [0.717, 1.165) is 16.7 Å². The number of carbonyl (C=O) groups is 1. The number of carbonyl (C=O) groups excluding carboxylic acids is 1. The first-order valence-electron chi connectivity index (χ1n) is 10.4. The molecule has 0 aliphatic heterocycles. The third-order valence-electron chi connectivity index (χ3n) is 5.10. The van der Waals surface area contributed by atoms with Crippen LogP contribution in [0, 0.1) is 0 Å². The van der Waals surface area contributed by atoms with E-state index in [1.165, 1.54) is 0 Å². The van der Waals surface area contributed by atoms with Crippen LogP contribution >= 0.6 is 0 Å². The van der Waals surface area contributed by atoms with Gasteiger partial charge in [0.2, 0.25) is 15.9 Å². The number of nitrogens with one attached hydrogen (secondary N) is 2. The topological polar surface area (TPSA) is 75.3 Å². The summed E-state index contributed by atoms with van der Waals surface area (Å²) >= 11 is 0. The van der Waals surface area contributed by atoms with Gasteiger partial charge in [-0.1, -0.05) is 72.8 Å². The van der Waals surface area contributed by atoms with Gasteiger partial charge in [-0.25, -0.2) is 13.1 Å². The summed E-state index contributed by atoms with van der Waals surface area (Å²) in [5.74, 6) is -0.0318. The van der Waals surface area contributed by atoms with Gasteiger partial charge in [-0.15, -0.1) is 0 Å². The Morgan fingerprint density at radius 2 is 1.39 bits per heavy atom. The third-order valence-corrected chi connectivity index (χ3v) is 6.58. The molecular formula is C25H28N2O3S. The van der Waals surface area contributed by atoms with Crippen LogP contribution < -0.4 is 10.0 Å². The van der Waals surface area contributed by atoms with Crippen LogP contribution in [0.2, 0.25) is 0 Å². The number of rotatable bonds is 10. The van der Waals surface area contributed by atoms with E-state index < -0.39 is 10.0 Å². The van der Waals surface area contributed by atoms with Gasteiger partial charge in [0.15, 0.2) is 0 Å². The molecule has 2 N–H and O–H groups in total. The van der Waals surface area contributed by atoms with Crippen molar-refractivity contribution in [1.29, 1.82) is 0 Å². The lowest BCUT2D eigenvalue weighted by molar-refractivity contribution is -0.121. The molecule has 1 amide bonds. The minimum absolute atomic E-state index is 0.0318. The molecule has 0 spiro atoms. The van der Waals surface area contributed by atoms with Gasteiger partial charge < -0.3 is 5.32 Å². The molecule has 1 atom stereocenters. The first-order valence-corrected chi connectivity index (χ1v) is 11.9. The predicted molar refractivity (Wildman–Crippen MR) is 123 cm³/mol. The second-order valence-electron chi connectivity index (χ2n) is 7.48. The molecule has 0 saturated carbocycles. The number of sulfonamides is 1. The van der Waals surface area contributed by atoms with Crippen molar-refractivity contribution in [3.63, 3.8) is 0 Å². The van der Waals surface area contributed by atoms with E-state index in [1.807, 2.05) is 67.6 Å². The summed E-state index contributed by atoms with van der Waals surface area (Å²) in [7, 11) is -3.55. The molecule has 1 unspecified atom stereocenters.